The summed E-state index contributed by atoms with van der Waals surface area (Å²) in [4.78, 5) is 40.2. The standard InChI is InChI=1S/C17H24N2O3S/c1-10(2)6-7-17(5)15(21)19(16(22)18-17)9-14(20)13-8-11(3)23-12(13)4/h8,10H,6-7,9H2,1-5H3,(H,18,22). The number of carbonyl (C=O) groups excluding carboxylic acids is 3. The van der Waals surface area contributed by atoms with Gasteiger partial charge in [0.1, 0.15) is 5.54 Å². The first-order valence-electron chi connectivity index (χ1n) is 7.88. The van der Waals surface area contributed by atoms with Gasteiger partial charge in [0, 0.05) is 15.3 Å². The lowest BCUT2D eigenvalue weighted by atomic mass is 9.92. The number of aryl methyl sites for hydroxylation is 2. The summed E-state index contributed by atoms with van der Waals surface area (Å²) >= 11 is 1.54. The zero-order valence-electron chi connectivity index (χ0n) is 14.4. The number of thiophene rings is 1. The molecule has 1 aliphatic rings. The van der Waals surface area contributed by atoms with Crippen molar-refractivity contribution in [2.24, 2.45) is 5.92 Å². The van der Waals surface area contributed by atoms with E-state index in [-0.39, 0.29) is 18.2 Å². The number of imide groups is 1. The number of hydrogen-bond acceptors (Lipinski definition) is 4. The van der Waals surface area contributed by atoms with Crippen LogP contribution in [-0.4, -0.2) is 34.7 Å². The van der Waals surface area contributed by atoms with Gasteiger partial charge in [-0.15, -0.1) is 11.3 Å². The van der Waals surface area contributed by atoms with Crippen molar-refractivity contribution in [3.8, 4) is 0 Å². The second-order valence-electron chi connectivity index (χ2n) is 6.84. The van der Waals surface area contributed by atoms with Crippen LogP contribution in [-0.2, 0) is 4.79 Å². The highest BCUT2D eigenvalue weighted by atomic mass is 32.1. The molecule has 23 heavy (non-hydrogen) atoms. The summed E-state index contributed by atoms with van der Waals surface area (Å²) in [5, 5.41) is 2.75. The predicted molar refractivity (Wildman–Crippen MR) is 90.8 cm³/mol. The van der Waals surface area contributed by atoms with Gasteiger partial charge in [0.25, 0.3) is 5.91 Å². The van der Waals surface area contributed by atoms with Gasteiger partial charge in [-0.2, -0.15) is 0 Å². The number of Topliss-reactive ketones (excluding diaryl/α,β-unsaturated/α-hetero) is 1. The third-order valence-corrected chi connectivity index (χ3v) is 5.18. The SMILES string of the molecule is Cc1cc(C(=O)CN2C(=O)NC(C)(CCC(C)C)C2=O)c(C)s1. The predicted octanol–water partition coefficient (Wildman–Crippen LogP) is 3.29. The monoisotopic (exact) mass is 336 g/mol. The number of amides is 3. The molecule has 6 heteroatoms. The fraction of sp³-hybridized carbons (Fsp3) is 0.588. The molecule has 0 bridgehead atoms. The van der Waals surface area contributed by atoms with Gasteiger partial charge >= 0.3 is 6.03 Å². The Morgan fingerprint density at radius 1 is 1.35 bits per heavy atom. The molecule has 126 valence electrons. The Morgan fingerprint density at radius 2 is 2.00 bits per heavy atom. The second kappa shape index (κ2) is 6.43. The summed E-state index contributed by atoms with van der Waals surface area (Å²) in [5.74, 6) is -0.0480. The molecule has 1 N–H and O–H groups in total. The van der Waals surface area contributed by atoms with E-state index in [2.05, 4.69) is 19.2 Å². The minimum Gasteiger partial charge on any atom is -0.323 e. The lowest BCUT2D eigenvalue weighted by Crippen LogP contribution is -2.44. The molecule has 1 atom stereocenters. The number of hydrogen-bond donors (Lipinski definition) is 1. The molecular formula is C17H24N2O3S. The number of nitrogens with zero attached hydrogens (tertiary/aromatic N) is 1. The van der Waals surface area contributed by atoms with Crippen molar-refractivity contribution in [3.05, 3.63) is 21.4 Å². The van der Waals surface area contributed by atoms with E-state index in [9.17, 15) is 14.4 Å². The maximum atomic E-state index is 12.6. The Labute approximate surface area is 141 Å². The van der Waals surface area contributed by atoms with E-state index in [0.717, 1.165) is 21.1 Å². The molecule has 1 aromatic rings. The van der Waals surface area contributed by atoms with E-state index < -0.39 is 11.6 Å². The summed E-state index contributed by atoms with van der Waals surface area (Å²) in [5.41, 5.74) is -0.301. The average Bonchev–Trinajstić information content (AvgIpc) is 2.89. The van der Waals surface area contributed by atoms with Gasteiger partial charge < -0.3 is 5.32 Å². The van der Waals surface area contributed by atoms with Crippen LogP contribution >= 0.6 is 11.3 Å². The van der Waals surface area contributed by atoms with Crippen LogP contribution in [0.4, 0.5) is 4.79 Å². The molecule has 0 radical (unpaired) electrons. The van der Waals surface area contributed by atoms with Crippen LogP contribution in [0, 0.1) is 19.8 Å². The third-order valence-electron chi connectivity index (χ3n) is 4.21. The lowest BCUT2D eigenvalue weighted by molar-refractivity contribution is -0.130. The Bertz CT molecular complexity index is 650. The van der Waals surface area contributed by atoms with Gasteiger partial charge in [-0.05, 0) is 45.6 Å². The van der Waals surface area contributed by atoms with Gasteiger partial charge in [0.05, 0.1) is 6.54 Å². The number of ketones is 1. The van der Waals surface area contributed by atoms with Gasteiger partial charge in [0.2, 0.25) is 0 Å². The van der Waals surface area contributed by atoms with Crippen molar-refractivity contribution in [1.29, 1.82) is 0 Å². The average molecular weight is 336 g/mol. The molecule has 1 aromatic heterocycles. The number of nitrogens with one attached hydrogen (secondary N) is 1. The van der Waals surface area contributed by atoms with Crippen LogP contribution in [0.1, 0.15) is 53.7 Å². The minimum absolute atomic E-state index is 0.191. The van der Waals surface area contributed by atoms with E-state index in [1.54, 1.807) is 18.3 Å². The number of carbonyl (C=O) groups is 3. The summed E-state index contributed by atoms with van der Waals surface area (Å²) in [6.45, 7) is 9.51. The van der Waals surface area contributed by atoms with Gasteiger partial charge in [-0.1, -0.05) is 13.8 Å². The molecule has 2 rings (SSSR count). The largest absolute Gasteiger partial charge is 0.325 e. The zero-order valence-corrected chi connectivity index (χ0v) is 15.2. The number of rotatable bonds is 6. The molecule has 1 aliphatic heterocycles. The highest BCUT2D eigenvalue weighted by molar-refractivity contribution is 7.12. The molecule has 0 aromatic carbocycles. The quantitative estimate of drug-likeness (QED) is 0.640. The van der Waals surface area contributed by atoms with Gasteiger partial charge in [-0.3, -0.25) is 14.5 Å². The Hall–Kier alpha value is -1.69. The van der Waals surface area contributed by atoms with Crippen LogP contribution in [0.5, 0.6) is 0 Å². The van der Waals surface area contributed by atoms with E-state index in [4.69, 9.17) is 0 Å². The van der Waals surface area contributed by atoms with E-state index >= 15 is 0 Å². The van der Waals surface area contributed by atoms with Crippen LogP contribution in [0.25, 0.3) is 0 Å². The molecule has 5 nitrogen and oxygen atoms in total. The molecule has 0 spiro atoms. The summed E-state index contributed by atoms with van der Waals surface area (Å²) < 4.78 is 0. The van der Waals surface area contributed by atoms with Crippen molar-refractivity contribution >= 4 is 29.1 Å². The zero-order chi connectivity index (χ0) is 17.4. The molecule has 1 fully saturated rings. The fourth-order valence-electron chi connectivity index (χ4n) is 2.77. The van der Waals surface area contributed by atoms with Crippen LogP contribution in [0.3, 0.4) is 0 Å². The van der Waals surface area contributed by atoms with Crippen LogP contribution in [0.15, 0.2) is 6.07 Å². The maximum Gasteiger partial charge on any atom is 0.325 e. The highest BCUT2D eigenvalue weighted by Gasteiger charge is 2.47. The molecule has 1 unspecified atom stereocenters. The van der Waals surface area contributed by atoms with Crippen molar-refractivity contribution < 1.29 is 14.4 Å². The fourth-order valence-corrected chi connectivity index (χ4v) is 3.72. The third kappa shape index (κ3) is 3.63. The van der Waals surface area contributed by atoms with Crippen molar-refractivity contribution in [1.82, 2.24) is 10.2 Å². The van der Waals surface area contributed by atoms with E-state index in [0.29, 0.717) is 17.9 Å². The van der Waals surface area contributed by atoms with Crippen LogP contribution in [0.2, 0.25) is 0 Å². The van der Waals surface area contributed by atoms with Gasteiger partial charge in [0.15, 0.2) is 5.78 Å². The van der Waals surface area contributed by atoms with Crippen molar-refractivity contribution in [2.45, 2.75) is 53.0 Å². The smallest absolute Gasteiger partial charge is 0.323 e. The molecule has 0 saturated carbocycles. The topological polar surface area (TPSA) is 66.5 Å². The molecule has 1 saturated heterocycles. The number of urea groups is 1. The van der Waals surface area contributed by atoms with Crippen molar-refractivity contribution in [2.75, 3.05) is 6.54 Å². The first kappa shape index (κ1) is 17.7. The first-order chi connectivity index (χ1) is 10.6. The molecule has 3 amide bonds. The highest BCUT2D eigenvalue weighted by Crippen LogP contribution is 2.26. The Morgan fingerprint density at radius 3 is 2.52 bits per heavy atom. The summed E-state index contributed by atoms with van der Waals surface area (Å²) in [7, 11) is 0. The summed E-state index contributed by atoms with van der Waals surface area (Å²) in [6, 6.07) is 1.35. The van der Waals surface area contributed by atoms with E-state index in [1.165, 1.54) is 0 Å². The lowest BCUT2D eigenvalue weighted by Gasteiger charge is -2.22. The molecule has 2 heterocycles. The maximum absolute atomic E-state index is 12.6. The van der Waals surface area contributed by atoms with E-state index in [1.807, 2.05) is 19.9 Å². The van der Waals surface area contributed by atoms with Gasteiger partial charge in [-0.25, -0.2) is 4.79 Å². The van der Waals surface area contributed by atoms with Crippen LogP contribution < -0.4 is 5.32 Å². The second-order valence-corrected chi connectivity index (χ2v) is 8.30. The Kier molecular flexibility index (Phi) is 4.94. The molecule has 0 aliphatic carbocycles. The Balaban J connectivity index is 2.11. The van der Waals surface area contributed by atoms with Crippen molar-refractivity contribution in [3.63, 3.8) is 0 Å². The molecular weight excluding hydrogens is 312 g/mol. The minimum atomic E-state index is -0.902. The first-order valence-corrected chi connectivity index (χ1v) is 8.70. The summed E-state index contributed by atoms with van der Waals surface area (Å²) in [6.07, 6.45) is 1.42. The normalized spacial score (nSPS) is 21.2.